The lowest BCUT2D eigenvalue weighted by molar-refractivity contribution is -0.119. The quantitative estimate of drug-likeness (QED) is 0.767. The molecule has 0 N–H and O–H groups in total. The van der Waals surface area contributed by atoms with Crippen LogP contribution < -0.4 is 4.90 Å². The van der Waals surface area contributed by atoms with Gasteiger partial charge in [0.25, 0.3) is 0 Å². The van der Waals surface area contributed by atoms with Gasteiger partial charge in [0.15, 0.2) is 0 Å². The number of aromatic nitrogens is 1. The molecule has 1 aromatic rings. The summed E-state index contributed by atoms with van der Waals surface area (Å²) in [6.45, 7) is 6.85. The van der Waals surface area contributed by atoms with Crippen molar-refractivity contribution < 1.29 is 4.79 Å². The van der Waals surface area contributed by atoms with Gasteiger partial charge in [-0.1, -0.05) is 0 Å². The Morgan fingerprint density at radius 2 is 2.18 bits per heavy atom. The fraction of sp³-hybridized carbons (Fsp3) is 0.385. The highest BCUT2D eigenvalue weighted by Crippen LogP contribution is 2.22. The molecule has 4 nitrogen and oxygen atoms in total. The summed E-state index contributed by atoms with van der Waals surface area (Å²) >= 11 is 0. The molecule has 4 heteroatoms. The van der Waals surface area contributed by atoms with E-state index in [1.54, 1.807) is 12.3 Å². The second kappa shape index (κ2) is 4.96. The molecule has 1 fully saturated rings. The first-order valence-corrected chi connectivity index (χ1v) is 5.61. The topological polar surface area (TPSA) is 57.0 Å². The first kappa shape index (κ1) is 11.6. The molecule has 0 spiro atoms. The van der Waals surface area contributed by atoms with E-state index in [0.717, 1.165) is 31.7 Å². The van der Waals surface area contributed by atoms with Crippen LogP contribution in [0.25, 0.3) is 0 Å². The molecule has 86 valence electrons. The van der Waals surface area contributed by atoms with Crippen LogP contribution in [0.4, 0.5) is 5.82 Å². The molecule has 2 radical (unpaired) electrons. The number of nitriles is 1. The van der Waals surface area contributed by atoms with Gasteiger partial charge in [-0.15, -0.1) is 0 Å². The Balaban J connectivity index is 2.00. The zero-order valence-electron chi connectivity index (χ0n) is 9.47. The summed E-state index contributed by atoms with van der Waals surface area (Å²) in [4.78, 5) is 17.4. The number of Topliss-reactive ketones (excluding diaryl/α,β-unsaturated/α-hetero) is 1. The molecule has 0 saturated carbocycles. The number of rotatable bonds is 2. The molecular formula is C13H13N3O. The van der Waals surface area contributed by atoms with Crippen molar-refractivity contribution in [1.82, 2.24) is 4.98 Å². The monoisotopic (exact) mass is 227 g/mol. The minimum atomic E-state index is -0.211. The highest BCUT2D eigenvalue weighted by atomic mass is 16.1. The molecule has 17 heavy (non-hydrogen) atoms. The standard InChI is InChI=1S/C13H13N3O/c1-10(17)12-4-6-16(7-5-12)13-3-2-11(8-14)9-15-13/h1-3,9,12H,4-7H2. The number of nitrogens with zero attached hydrogens (tertiary/aromatic N) is 3. The summed E-state index contributed by atoms with van der Waals surface area (Å²) < 4.78 is 0. The molecular weight excluding hydrogens is 214 g/mol. The van der Waals surface area contributed by atoms with E-state index >= 15 is 0 Å². The van der Waals surface area contributed by atoms with E-state index in [1.807, 2.05) is 12.1 Å². The van der Waals surface area contributed by atoms with Gasteiger partial charge >= 0.3 is 0 Å². The molecule has 0 amide bonds. The van der Waals surface area contributed by atoms with E-state index in [1.165, 1.54) is 0 Å². The van der Waals surface area contributed by atoms with Gasteiger partial charge in [0.2, 0.25) is 0 Å². The highest BCUT2D eigenvalue weighted by molar-refractivity contribution is 5.85. The van der Waals surface area contributed by atoms with E-state index in [4.69, 9.17) is 12.2 Å². The Hall–Kier alpha value is -1.89. The number of anilines is 1. The molecule has 1 aliphatic rings. The van der Waals surface area contributed by atoms with Gasteiger partial charge in [0.1, 0.15) is 17.7 Å². The minimum absolute atomic E-state index is 0.00960. The normalized spacial score (nSPS) is 16.6. The highest BCUT2D eigenvalue weighted by Gasteiger charge is 2.22. The second-order valence-corrected chi connectivity index (χ2v) is 4.18. The van der Waals surface area contributed by atoms with Gasteiger partial charge in [-0.25, -0.2) is 4.98 Å². The van der Waals surface area contributed by atoms with Gasteiger partial charge in [-0.3, -0.25) is 4.79 Å². The van der Waals surface area contributed by atoms with Crippen molar-refractivity contribution in [3.63, 3.8) is 0 Å². The third-order valence-electron chi connectivity index (χ3n) is 3.10. The fourth-order valence-corrected chi connectivity index (χ4v) is 2.03. The van der Waals surface area contributed by atoms with Crippen molar-refractivity contribution >= 4 is 11.6 Å². The molecule has 1 aliphatic heterocycles. The van der Waals surface area contributed by atoms with E-state index in [0.29, 0.717) is 5.56 Å². The summed E-state index contributed by atoms with van der Waals surface area (Å²) in [5.41, 5.74) is 0.556. The smallest absolute Gasteiger partial charge is 0.140 e. The molecule has 2 heterocycles. The maximum absolute atomic E-state index is 11.0. The van der Waals surface area contributed by atoms with Crippen LogP contribution in [0, 0.1) is 24.2 Å². The number of piperidine rings is 1. The Labute approximate surface area is 101 Å². The van der Waals surface area contributed by atoms with Crippen LogP contribution in [0.15, 0.2) is 18.3 Å². The molecule has 0 aromatic carbocycles. The van der Waals surface area contributed by atoms with Crippen molar-refractivity contribution in [2.45, 2.75) is 12.8 Å². The molecule has 1 aromatic heterocycles. The second-order valence-electron chi connectivity index (χ2n) is 4.18. The molecule has 1 saturated heterocycles. The van der Waals surface area contributed by atoms with Crippen LogP contribution in [-0.4, -0.2) is 23.9 Å². The Morgan fingerprint density at radius 1 is 1.47 bits per heavy atom. The Kier molecular flexibility index (Phi) is 3.38. The lowest BCUT2D eigenvalue weighted by Crippen LogP contribution is -2.36. The lowest BCUT2D eigenvalue weighted by atomic mass is 9.93. The zero-order valence-corrected chi connectivity index (χ0v) is 9.47. The Morgan fingerprint density at radius 3 is 2.65 bits per heavy atom. The third-order valence-corrected chi connectivity index (χ3v) is 3.10. The summed E-state index contributed by atoms with van der Waals surface area (Å²) in [5.74, 6) is 0.633. The molecule has 0 aliphatic carbocycles. The van der Waals surface area contributed by atoms with Crippen LogP contribution >= 0.6 is 0 Å². The number of pyridine rings is 1. The number of carbonyl (C=O) groups is 1. The number of ketones is 1. The minimum Gasteiger partial charge on any atom is -0.357 e. The van der Waals surface area contributed by atoms with E-state index in [2.05, 4.69) is 9.88 Å². The molecule has 0 bridgehead atoms. The Bertz CT molecular complexity index is 439. The van der Waals surface area contributed by atoms with Gasteiger partial charge < -0.3 is 4.90 Å². The third kappa shape index (κ3) is 2.62. The van der Waals surface area contributed by atoms with Crippen LogP contribution in [0.5, 0.6) is 0 Å². The average Bonchev–Trinajstić information content (AvgIpc) is 2.39. The number of hydrogen-bond donors (Lipinski definition) is 0. The van der Waals surface area contributed by atoms with Crippen molar-refractivity contribution in [1.29, 1.82) is 5.26 Å². The van der Waals surface area contributed by atoms with E-state index in [-0.39, 0.29) is 11.7 Å². The van der Waals surface area contributed by atoms with Crippen molar-refractivity contribution in [3.05, 3.63) is 30.8 Å². The fourth-order valence-electron chi connectivity index (χ4n) is 2.03. The van der Waals surface area contributed by atoms with E-state index < -0.39 is 0 Å². The lowest BCUT2D eigenvalue weighted by Gasteiger charge is -2.31. The van der Waals surface area contributed by atoms with Crippen molar-refractivity contribution in [2.24, 2.45) is 5.92 Å². The summed E-state index contributed by atoms with van der Waals surface area (Å²) in [6.07, 6.45) is 3.11. The molecule has 0 unspecified atom stereocenters. The molecule has 0 atom stereocenters. The predicted octanol–water partition coefficient (Wildman–Crippen LogP) is 1.45. The number of hydrogen-bond acceptors (Lipinski definition) is 4. The largest absolute Gasteiger partial charge is 0.357 e. The molecule has 2 rings (SSSR count). The number of carbonyl (C=O) groups excluding carboxylic acids is 1. The first-order chi connectivity index (χ1) is 8.20. The maximum atomic E-state index is 11.0. The van der Waals surface area contributed by atoms with Gasteiger partial charge in [0.05, 0.1) is 5.56 Å². The van der Waals surface area contributed by atoms with Crippen molar-refractivity contribution in [2.75, 3.05) is 18.0 Å². The summed E-state index contributed by atoms with van der Waals surface area (Å²) in [6, 6.07) is 5.63. The van der Waals surface area contributed by atoms with Crippen LogP contribution in [0.2, 0.25) is 0 Å². The first-order valence-electron chi connectivity index (χ1n) is 5.61. The zero-order chi connectivity index (χ0) is 12.3. The van der Waals surface area contributed by atoms with E-state index in [9.17, 15) is 4.79 Å². The average molecular weight is 227 g/mol. The van der Waals surface area contributed by atoms with Gasteiger partial charge in [-0.05, 0) is 25.0 Å². The van der Waals surface area contributed by atoms with Gasteiger partial charge in [-0.2, -0.15) is 5.26 Å². The van der Waals surface area contributed by atoms with Crippen LogP contribution in [-0.2, 0) is 4.79 Å². The SMILES string of the molecule is [CH]C(=O)C1CCN(c2ccc(C#N)cn2)CC1. The summed E-state index contributed by atoms with van der Waals surface area (Å²) in [5, 5.41) is 8.68. The maximum Gasteiger partial charge on any atom is 0.140 e. The van der Waals surface area contributed by atoms with Crippen LogP contribution in [0.1, 0.15) is 18.4 Å². The van der Waals surface area contributed by atoms with Gasteiger partial charge in [0, 0.05) is 32.1 Å². The van der Waals surface area contributed by atoms with Crippen LogP contribution in [0.3, 0.4) is 0 Å². The summed E-state index contributed by atoms with van der Waals surface area (Å²) in [7, 11) is 0. The van der Waals surface area contributed by atoms with Crippen molar-refractivity contribution in [3.8, 4) is 6.07 Å². The predicted molar refractivity (Wildman–Crippen MR) is 63.2 cm³/mol.